The van der Waals surface area contributed by atoms with Crippen molar-refractivity contribution in [1.82, 2.24) is 14.8 Å². The summed E-state index contributed by atoms with van der Waals surface area (Å²) >= 11 is 0. The Morgan fingerprint density at radius 2 is 1.72 bits per heavy atom. The molecule has 182 valence electrons. The Morgan fingerprint density at radius 3 is 2.44 bits per heavy atom. The number of benzene rings is 3. The number of ether oxygens (including phenoxy) is 2. The lowest BCUT2D eigenvalue weighted by atomic mass is 9.94. The van der Waals surface area contributed by atoms with Gasteiger partial charge in [-0.05, 0) is 49.7 Å². The van der Waals surface area contributed by atoms with Crippen LogP contribution in [0.4, 0.5) is 11.6 Å². The number of para-hydroxylation sites is 1. The van der Waals surface area contributed by atoms with E-state index < -0.39 is 6.04 Å². The summed E-state index contributed by atoms with van der Waals surface area (Å²) in [4.78, 5) is 18.4. The number of nitrogens with one attached hydrogen (secondary N) is 2. The highest BCUT2D eigenvalue weighted by molar-refractivity contribution is 6.06. The first-order chi connectivity index (χ1) is 17.5. The first-order valence-electron chi connectivity index (χ1n) is 11.6. The number of carbonyl (C=O) groups is 1. The molecule has 2 heterocycles. The lowest BCUT2D eigenvalue weighted by Gasteiger charge is -2.29. The quantitative estimate of drug-likeness (QED) is 0.394. The molecular formula is C28H27N5O3. The summed E-state index contributed by atoms with van der Waals surface area (Å²) in [5.74, 6) is 2.06. The van der Waals surface area contributed by atoms with Gasteiger partial charge in [0, 0.05) is 16.9 Å². The van der Waals surface area contributed by atoms with E-state index in [-0.39, 0.29) is 5.91 Å². The fourth-order valence-electron chi connectivity index (χ4n) is 4.40. The highest BCUT2D eigenvalue weighted by atomic mass is 16.5. The predicted molar refractivity (Wildman–Crippen MR) is 139 cm³/mol. The van der Waals surface area contributed by atoms with Gasteiger partial charge in [-0.25, -0.2) is 4.68 Å². The predicted octanol–water partition coefficient (Wildman–Crippen LogP) is 5.20. The van der Waals surface area contributed by atoms with Gasteiger partial charge in [0.25, 0.3) is 5.91 Å². The molecule has 0 bridgehead atoms. The molecule has 5 rings (SSSR count). The van der Waals surface area contributed by atoms with Crippen molar-refractivity contribution in [3.05, 3.63) is 95.2 Å². The Bertz CT molecular complexity index is 1460. The fourth-order valence-corrected chi connectivity index (χ4v) is 4.40. The van der Waals surface area contributed by atoms with E-state index >= 15 is 0 Å². The van der Waals surface area contributed by atoms with Crippen LogP contribution in [0.1, 0.15) is 24.1 Å². The standard InChI is InChI=1S/C28H27N5O3/c1-17-9-8-10-20(15-17)26-31-28-29-18(2)24(27(34)30-21-11-6-5-7-12-21)25(33(28)32-26)19-13-14-22(35-3)23(16-19)36-4/h5-16,25H,1-4H3,(H,30,34)(H,29,31,32). The van der Waals surface area contributed by atoms with Gasteiger partial charge in [0.05, 0.1) is 19.8 Å². The minimum atomic E-state index is -0.546. The first-order valence-corrected chi connectivity index (χ1v) is 11.6. The van der Waals surface area contributed by atoms with Gasteiger partial charge in [-0.1, -0.05) is 48.0 Å². The van der Waals surface area contributed by atoms with E-state index in [1.54, 1.807) is 18.9 Å². The van der Waals surface area contributed by atoms with E-state index in [9.17, 15) is 4.79 Å². The zero-order valence-corrected chi connectivity index (χ0v) is 20.6. The van der Waals surface area contributed by atoms with E-state index in [1.165, 1.54) is 0 Å². The number of hydrogen-bond acceptors (Lipinski definition) is 6. The van der Waals surface area contributed by atoms with Crippen molar-refractivity contribution in [3.8, 4) is 22.9 Å². The number of fused-ring (bicyclic) bond motifs is 1. The van der Waals surface area contributed by atoms with Crippen LogP contribution in [0.15, 0.2) is 84.1 Å². The van der Waals surface area contributed by atoms with Gasteiger partial charge in [-0.2, -0.15) is 4.98 Å². The monoisotopic (exact) mass is 481 g/mol. The number of rotatable bonds is 6. The van der Waals surface area contributed by atoms with Gasteiger partial charge >= 0.3 is 0 Å². The van der Waals surface area contributed by atoms with Crippen LogP contribution >= 0.6 is 0 Å². The number of nitrogens with zero attached hydrogens (tertiary/aromatic N) is 3. The van der Waals surface area contributed by atoms with E-state index in [1.807, 2.05) is 86.6 Å². The third-order valence-electron chi connectivity index (χ3n) is 6.13. The summed E-state index contributed by atoms with van der Waals surface area (Å²) in [7, 11) is 3.18. The number of methoxy groups -OCH3 is 2. The third-order valence-corrected chi connectivity index (χ3v) is 6.13. The molecule has 1 atom stereocenters. The summed E-state index contributed by atoms with van der Waals surface area (Å²) in [5, 5.41) is 11.1. The zero-order chi connectivity index (χ0) is 25.2. The summed E-state index contributed by atoms with van der Waals surface area (Å²) < 4.78 is 12.7. The van der Waals surface area contributed by atoms with Crippen LogP contribution in [0.5, 0.6) is 11.5 Å². The normalized spacial score (nSPS) is 14.6. The summed E-state index contributed by atoms with van der Waals surface area (Å²) in [6.07, 6.45) is 0. The molecule has 8 nitrogen and oxygen atoms in total. The second-order valence-corrected chi connectivity index (χ2v) is 8.57. The van der Waals surface area contributed by atoms with E-state index in [0.29, 0.717) is 40.2 Å². The lowest BCUT2D eigenvalue weighted by Crippen LogP contribution is -2.31. The van der Waals surface area contributed by atoms with E-state index in [4.69, 9.17) is 19.6 Å². The summed E-state index contributed by atoms with van der Waals surface area (Å²) in [6, 6.07) is 22.5. The molecule has 0 saturated carbocycles. The van der Waals surface area contributed by atoms with Crippen molar-refractivity contribution in [1.29, 1.82) is 0 Å². The van der Waals surface area contributed by atoms with Crippen LogP contribution in [0.3, 0.4) is 0 Å². The van der Waals surface area contributed by atoms with Crippen LogP contribution in [-0.4, -0.2) is 34.9 Å². The Hall–Kier alpha value is -4.59. The van der Waals surface area contributed by atoms with Crippen molar-refractivity contribution < 1.29 is 14.3 Å². The molecule has 1 unspecified atom stereocenters. The molecule has 0 saturated heterocycles. The molecule has 1 amide bonds. The molecule has 0 spiro atoms. The largest absolute Gasteiger partial charge is 0.493 e. The smallest absolute Gasteiger partial charge is 0.255 e. The second-order valence-electron chi connectivity index (χ2n) is 8.57. The summed E-state index contributed by atoms with van der Waals surface area (Å²) in [6.45, 7) is 3.90. The SMILES string of the molecule is COc1ccc(C2C(C(=O)Nc3ccccc3)=C(C)Nc3nc(-c4cccc(C)c4)nn32)cc1OC. The number of aryl methyl sites for hydroxylation is 1. The molecule has 1 aliphatic heterocycles. The van der Waals surface area contributed by atoms with Gasteiger partial charge in [0.1, 0.15) is 6.04 Å². The topological polar surface area (TPSA) is 90.3 Å². The van der Waals surface area contributed by atoms with Crippen molar-refractivity contribution in [2.45, 2.75) is 19.9 Å². The van der Waals surface area contributed by atoms with Crippen molar-refractivity contribution in [2.24, 2.45) is 0 Å². The molecule has 0 radical (unpaired) electrons. The van der Waals surface area contributed by atoms with Crippen LogP contribution < -0.4 is 20.1 Å². The molecular weight excluding hydrogens is 454 g/mol. The van der Waals surface area contributed by atoms with Gasteiger partial charge < -0.3 is 20.1 Å². The van der Waals surface area contributed by atoms with Crippen LogP contribution in [0, 0.1) is 6.92 Å². The molecule has 1 aliphatic rings. The lowest BCUT2D eigenvalue weighted by molar-refractivity contribution is -0.113. The number of anilines is 2. The molecule has 0 aliphatic carbocycles. The molecule has 3 aromatic carbocycles. The number of aromatic nitrogens is 3. The molecule has 8 heteroatoms. The maximum atomic E-state index is 13.6. The maximum Gasteiger partial charge on any atom is 0.255 e. The highest BCUT2D eigenvalue weighted by Gasteiger charge is 2.35. The van der Waals surface area contributed by atoms with Crippen molar-refractivity contribution >= 4 is 17.5 Å². The van der Waals surface area contributed by atoms with Gasteiger partial charge in [-0.15, -0.1) is 5.10 Å². The fraction of sp³-hybridized carbons (Fsp3) is 0.179. The van der Waals surface area contributed by atoms with Crippen molar-refractivity contribution in [3.63, 3.8) is 0 Å². The van der Waals surface area contributed by atoms with Gasteiger partial charge in [0.15, 0.2) is 17.3 Å². The molecule has 0 fully saturated rings. The number of allylic oxidation sites excluding steroid dienone is 1. The summed E-state index contributed by atoms with van der Waals surface area (Å²) in [5.41, 5.74) is 4.75. The van der Waals surface area contributed by atoms with Crippen LogP contribution in [0.2, 0.25) is 0 Å². The first kappa shape index (κ1) is 23.2. The Kier molecular flexibility index (Phi) is 6.16. The van der Waals surface area contributed by atoms with Crippen LogP contribution in [-0.2, 0) is 4.79 Å². The minimum Gasteiger partial charge on any atom is -0.493 e. The highest BCUT2D eigenvalue weighted by Crippen LogP contribution is 2.39. The molecule has 4 aromatic rings. The molecule has 2 N–H and O–H groups in total. The Labute approximate surface area is 209 Å². The minimum absolute atomic E-state index is 0.232. The maximum absolute atomic E-state index is 13.6. The van der Waals surface area contributed by atoms with Gasteiger partial charge in [0.2, 0.25) is 5.95 Å². The number of hydrogen-bond donors (Lipinski definition) is 2. The van der Waals surface area contributed by atoms with E-state index in [2.05, 4.69) is 10.6 Å². The Balaban J connectivity index is 1.64. The van der Waals surface area contributed by atoms with Crippen molar-refractivity contribution in [2.75, 3.05) is 24.9 Å². The van der Waals surface area contributed by atoms with E-state index in [0.717, 1.165) is 16.7 Å². The number of carbonyl (C=O) groups excluding carboxylic acids is 1. The van der Waals surface area contributed by atoms with Gasteiger partial charge in [-0.3, -0.25) is 4.79 Å². The average molecular weight is 482 g/mol. The third kappa shape index (κ3) is 4.29. The molecule has 36 heavy (non-hydrogen) atoms. The second kappa shape index (κ2) is 9.58. The van der Waals surface area contributed by atoms with Crippen LogP contribution in [0.25, 0.3) is 11.4 Å². The average Bonchev–Trinajstić information content (AvgIpc) is 3.31. The number of amides is 1. The zero-order valence-electron chi connectivity index (χ0n) is 20.6. The Morgan fingerprint density at radius 1 is 0.944 bits per heavy atom. The molecule has 1 aromatic heterocycles.